The maximum absolute atomic E-state index is 12.2. The number of nitrogens with zero attached hydrogens (tertiary/aromatic N) is 3. The van der Waals surface area contributed by atoms with Crippen LogP contribution >= 0.6 is 0 Å². The van der Waals surface area contributed by atoms with Crippen LogP contribution in [0.15, 0.2) is 61.1 Å². The van der Waals surface area contributed by atoms with Gasteiger partial charge in [-0.1, -0.05) is 0 Å². The standard InChI is InChI=1S/C18H14N4O4/c1-12-9-17(20-11-16(12)22(24)25)26-15-6-4-13(5-7-15)18(23)21-14-3-2-8-19-10-14/h2-11H,1H3,(H,21,23). The van der Waals surface area contributed by atoms with E-state index in [4.69, 9.17) is 4.74 Å². The molecule has 2 heterocycles. The van der Waals surface area contributed by atoms with E-state index in [2.05, 4.69) is 15.3 Å². The van der Waals surface area contributed by atoms with E-state index in [9.17, 15) is 14.9 Å². The molecule has 3 aromatic rings. The van der Waals surface area contributed by atoms with Crippen LogP contribution in [0.5, 0.6) is 11.6 Å². The highest BCUT2D eigenvalue weighted by Gasteiger charge is 2.13. The van der Waals surface area contributed by atoms with E-state index >= 15 is 0 Å². The lowest BCUT2D eigenvalue weighted by molar-refractivity contribution is -0.385. The van der Waals surface area contributed by atoms with E-state index in [1.54, 1.807) is 55.7 Å². The Hall–Kier alpha value is -3.81. The van der Waals surface area contributed by atoms with Crippen molar-refractivity contribution in [1.29, 1.82) is 0 Å². The van der Waals surface area contributed by atoms with Gasteiger partial charge in [0.1, 0.15) is 11.9 Å². The van der Waals surface area contributed by atoms with Crippen LogP contribution in [0.2, 0.25) is 0 Å². The molecule has 0 saturated heterocycles. The zero-order valence-electron chi connectivity index (χ0n) is 13.7. The minimum Gasteiger partial charge on any atom is -0.439 e. The van der Waals surface area contributed by atoms with Crippen molar-refractivity contribution in [3.05, 3.63) is 82.3 Å². The molecule has 0 saturated carbocycles. The molecule has 1 N–H and O–H groups in total. The number of ether oxygens (including phenoxy) is 1. The minimum absolute atomic E-state index is 0.0697. The SMILES string of the molecule is Cc1cc(Oc2ccc(C(=O)Nc3cccnc3)cc2)ncc1[N+](=O)[O-]. The van der Waals surface area contributed by atoms with Crippen molar-refractivity contribution in [1.82, 2.24) is 9.97 Å². The van der Waals surface area contributed by atoms with Crippen LogP contribution in [0.4, 0.5) is 11.4 Å². The molecule has 0 aliphatic rings. The summed E-state index contributed by atoms with van der Waals surface area (Å²) in [7, 11) is 0. The average molecular weight is 350 g/mol. The second kappa shape index (κ2) is 7.39. The Labute approximate surface area is 148 Å². The number of carbonyl (C=O) groups is 1. The lowest BCUT2D eigenvalue weighted by Crippen LogP contribution is -2.11. The zero-order chi connectivity index (χ0) is 18.5. The van der Waals surface area contributed by atoms with E-state index in [0.717, 1.165) is 6.20 Å². The summed E-state index contributed by atoms with van der Waals surface area (Å²) in [5.74, 6) is 0.429. The number of nitrogens with one attached hydrogen (secondary N) is 1. The lowest BCUT2D eigenvalue weighted by Gasteiger charge is -2.07. The number of benzene rings is 1. The number of carbonyl (C=O) groups excluding carboxylic acids is 1. The van der Waals surface area contributed by atoms with Crippen molar-refractivity contribution in [2.24, 2.45) is 0 Å². The van der Waals surface area contributed by atoms with Gasteiger partial charge in [0.2, 0.25) is 5.88 Å². The molecule has 8 heteroatoms. The predicted octanol–water partition coefficient (Wildman–Crippen LogP) is 3.74. The molecule has 0 radical (unpaired) electrons. The first kappa shape index (κ1) is 17.0. The summed E-state index contributed by atoms with van der Waals surface area (Å²) in [6, 6.07) is 11.4. The summed E-state index contributed by atoms with van der Waals surface area (Å²) in [5, 5.41) is 13.5. The Morgan fingerprint density at radius 2 is 1.96 bits per heavy atom. The van der Waals surface area contributed by atoms with Crippen molar-refractivity contribution in [3.8, 4) is 11.6 Å². The minimum atomic E-state index is -0.498. The van der Waals surface area contributed by atoms with Crippen LogP contribution in [0.1, 0.15) is 15.9 Å². The number of amides is 1. The van der Waals surface area contributed by atoms with Crippen LogP contribution in [0, 0.1) is 17.0 Å². The van der Waals surface area contributed by atoms with Gasteiger partial charge >= 0.3 is 0 Å². The van der Waals surface area contributed by atoms with Gasteiger partial charge in [0.25, 0.3) is 11.6 Å². The van der Waals surface area contributed by atoms with Crippen LogP contribution in [-0.4, -0.2) is 20.8 Å². The van der Waals surface area contributed by atoms with E-state index in [-0.39, 0.29) is 17.5 Å². The first-order valence-electron chi connectivity index (χ1n) is 7.63. The van der Waals surface area contributed by atoms with Crippen molar-refractivity contribution in [2.75, 3.05) is 5.32 Å². The van der Waals surface area contributed by atoms with Crippen LogP contribution < -0.4 is 10.1 Å². The summed E-state index contributed by atoms with van der Waals surface area (Å²) in [6.07, 6.45) is 4.33. The van der Waals surface area contributed by atoms with Gasteiger partial charge in [-0.3, -0.25) is 19.9 Å². The molecule has 0 spiro atoms. The number of anilines is 1. The largest absolute Gasteiger partial charge is 0.439 e. The number of pyridine rings is 2. The third kappa shape index (κ3) is 3.99. The molecule has 1 amide bonds. The van der Waals surface area contributed by atoms with Crippen molar-refractivity contribution < 1.29 is 14.5 Å². The Morgan fingerprint density at radius 3 is 2.58 bits per heavy atom. The van der Waals surface area contributed by atoms with Crippen LogP contribution in [0.25, 0.3) is 0 Å². The number of aryl methyl sites for hydroxylation is 1. The lowest BCUT2D eigenvalue weighted by atomic mass is 10.2. The summed E-state index contributed by atoms with van der Waals surface area (Å²) in [6.45, 7) is 1.61. The molecule has 26 heavy (non-hydrogen) atoms. The monoisotopic (exact) mass is 350 g/mol. The molecule has 0 unspecified atom stereocenters. The molecule has 0 fully saturated rings. The van der Waals surface area contributed by atoms with Gasteiger partial charge in [0.05, 0.1) is 16.8 Å². The topological polar surface area (TPSA) is 107 Å². The van der Waals surface area contributed by atoms with Gasteiger partial charge in [0, 0.05) is 23.4 Å². The second-order valence-electron chi connectivity index (χ2n) is 5.39. The Balaban J connectivity index is 1.69. The Morgan fingerprint density at radius 1 is 1.19 bits per heavy atom. The Bertz CT molecular complexity index is 943. The molecule has 8 nitrogen and oxygen atoms in total. The fourth-order valence-electron chi connectivity index (χ4n) is 2.21. The Kier molecular flexibility index (Phi) is 4.84. The summed E-state index contributed by atoms with van der Waals surface area (Å²) < 4.78 is 5.57. The molecule has 0 aliphatic carbocycles. The first-order valence-corrected chi connectivity index (χ1v) is 7.63. The van der Waals surface area contributed by atoms with Gasteiger partial charge in [-0.05, 0) is 43.3 Å². The maximum Gasteiger partial charge on any atom is 0.290 e. The molecule has 0 atom stereocenters. The fraction of sp³-hybridized carbons (Fsp3) is 0.0556. The predicted molar refractivity (Wildman–Crippen MR) is 94.3 cm³/mol. The quantitative estimate of drug-likeness (QED) is 0.555. The van der Waals surface area contributed by atoms with Gasteiger partial charge in [-0.25, -0.2) is 4.98 Å². The molecule has 2 aromatic heterocycles. The molecule has 130 valence electrons. The average Bonchev–Trinajstić information content (AvgIpc) is 2.63. The molecular formula is C18H14N4O4. The molecule has 1 aromatic carbocycles. The van der Waals surface area contributed by atoms with Crippen molar-refractivity contribution >= 4 is 17.3 Å². The molecule has 3 rings (SSSR count). The normalized spacial score (nSPS) is 10.2. The summed E-state index contributed by atoms with van der Waals surface area (Å²) >= 11 is 0. The van der Waals surface area contributed by atoms with Crippen molar-refractivity contribution in [3.63, 3.8) is 0 Å². The zero-order valence-corrected chi connectivity index (χ0v) is 13.7. The van der Waals surface area contributed by atoms with Crippen LogP contribution in [-0.2, 0) is 0 Å². The van der Waals surface area contributed by atoms with Gasteiger partial charge in [0.15, 0.2) is 0 Å². The second-order valence-corrected chi connectivity index (χ2v) is 5.39. The number of rotatable bonds is 5. The van der Waals surface area contributed by atoms with E-state index in [0.29, 0.717) is 22.6 Å². The third-order valence-corrected chi connectivity index (χ3v) is 3.51. The van der Waals surface area contributed by atoms with Crippen molar-refractivity contribution in [2.45, 2.75) is 6.92 Å². The van der Waals surface area contributed by atoms with E-state index < -0.39 is 4.92 Å². The molecule has 0 aliphatic heterocycles. The highest BCUT2D eigenvalue weighted by atomic mass is 16.6. The number of nitro groups is 1. The fourth-order valence-corrected chi connectivity index (χ4v) is 2.21. The van der Waals surface area contributed by atoms with E-state index in [1.807, 2.05) is 0 Å². The number of aromatic nitrogens is 2. The van der Waals surface area contributed by atoms with Gasteiger partial charge in [-0.15, -0.1) is 0 Å². The molecular weight excluding hydrogens is 336 g/mol. The van der Waals surface area contributed by atoms with Gasteiger partial charge < -0.3 is 10.1 Å². The van der Waals surface area contributed by atoms with E-state index in [1.165, 1.54) is 6.07 Å². The highest BCUT2D eigenvalue weighted by molar-refractivity contribution is 6.04. The summed E-state index contributed by atoms with van der Waals surface area (Å²) in [5.41, 5.74) is 1.43. The third-order valence-electron chi connectivity index (χ3n) is 3.51. The first-order chi connectivity index (χ1) is 12.5. The number of hydrogen-bond donors (Lipinski definition) is 1. The molecule has 0 bridgehead atoms. The van der Waals surface area contributed by atoms with Gasteiger partial charge in [-0.2, -0.15) is 0 Å². The maximum atomic E-state index is 12.2. The summed E-state index contributed by atoms with van der Waals surface area (Å²) in [4.78, 5) is 30.3. The number of hydrogen-bond acceptors (Lipinski definition) is 6. The van der Waals surface area contributed by atoms with Crippen LogP contribution in [0.3, 0.4) is 0 Å². The smallest absolute Gasteiger partial charge is 0.290 e. The highest BCUT2D eigenvalue weighted by Crippen LogP contribution is 2.24.